The Balaban J connectivity index is 1.50. The molecule has 3 aromatic rings. The molecular weight excluding hydrogens is 390 g/mol. The second-order valence-electron chi connectivity index (χ2n) is 6.73. The number of esters is 1. The first-order valence-corrected chi connectivity index (χ1v) is 9.49. The van der Waals surface area contributed by atoms with E-state index in [-0.39, 0.29) is 0 Å². The lowest BCUT2D eigenvalue weighted by Crippen LogP contribution is -2.26. The van der Waals surface area contributed by atoms with Gasteiger partial charge in [0.05, 0.1) is 0 Å². The van der Waals surface area contributed by atoms with E-state index in [1.165, 1.54) is 0 Å². The van der Waals surface area contributed by atoms with E-state index in [4.69, 9.17) is 21.1 Å². The summed E-state index contributed by atoms with van der Waals surface area (Å²) in [6, 6.07) is 19.8. The minimum atomic E-state index is -0.656. The molecule has 0 saturated carbocycles. The van der Waals surface area contributed by atoms with Crippen LogP contribution in [0.15, 0.2) is 66.7 Å². The molecule has 0 aromatic heterocycles. The van der Waals surface area contributed by atoms with Gasteiger partial charge in [0, 0.05) is 21.8 Å². The quantitative estimate of drug-likeness (QED) is 0.613. The standard InChI is InChI=1S/C23H18ClNO4/c1-14-10-11-15(24)12-18(14)25-21(26)13-28-23(27)22-16-6-2-4-8-19(16)29-20-9-5-3-7-17(20)22/h2-12,22H,13H2,1H3,(H,25,26). The molecule has 1 heterocycles. The average molecular weight is 408 g/mol. The van der Waals surface area contributed by atoms with Crippen LogP contribution in [0.3, 0.4) is 0 Å². The van der Waals surface area contributed by atoms with E-state index in [0.29, 0.717) is 33.3 Å². The molecule has 1 N–H and O–H groups in total. The van der Waals surface area contributed by atoms with Gasteiger partial charge in [0.2, 0.25) is 0 Å². The highest BCUT2D eigenvalue weighted by Gasteiger charge is 2.33. The van der Waals surface area contributed by atoms with Crippen LogP contribution in [0, 0.1) is 6.92 Å². The van der Waals surface area contributed by atoms with Gasteiger partial charge in [-0.3, -0.25) is 9.59 Å². The Hall–Kier alpha value is -3.31. The molecule has 0 spiro atoms. The van der Waals surface area contributed by atoms with Crippen molar-refractivity contribution in [3.8, 4) is 11.5 Å². The molecule has 1 aliphatic rings. The number of hydrogen-bond donors (Lipinski definition) is 1. The van der Waals surface area contributed by atoms with Crippen molar-refractivity contribution >= 4 is 29.2 Å². The van der Waals surface area contributed by atoms with Crippen LogP contribution in [0.25, 0.3) is 0 Å². The molecule has 4 rings (SSSR count). The summed E-state index contributed by atoms with van der Waals surface area (Å²) in [5.74, 6) is -0.389. The van der Waals surface area contributed by atoms with Crippen molar-refractivity contribution in [3.05, 3.63) is 88.4 Å². The number of carbonyl (C=O) groups is 2. The summed E-state index contributed by atoms with van der Waals surface area (Å²) in [5, 5.41) is 3.23. The first-order chi connectivity index (χ1) is 14.0. The highest BCUT2D eigenvalue weighted by atomic mass is 35.5. The highest BCUT2D eigenvalue weighted by molar-refractivity contribution is 6.31. The van der Waals surface area contributed by atoms with Crippen LogP contribution in [0.1, 0.15) is 22.6 Å². The molecule has 29 heavy (non-hydrogen) atoms. The molecule has 1 aliphatic heterocycles. The number of ether oxygens (including phenoxy) is 2. The molecule has 6 heteroatoms. The topological polar surface area (TPSA) is 64.6 Å². The van der Waals surface area contributed by atoms with Crippen molar-refractivity contribution in [2.24, 2.45) is 0 Å². The number of carbonyl (C=O) groups excluding carboxylic acids is 2. The molecular formula is C23H18ClNO4. The Bertz CT molecular complexity index is 1050. The Morgan fingerprint density at radius 1 is 1.00 bits per heavy atom. The van der Waals surface area contributed by atoms with Gasteiger partial charge in [-0.2, -0.15) is 0 Å². The first kappa shape index (κ1) is 19.0. The molecule has 0 fully saturated rings. The van der Waals surface area contributed by atoms with Crippen LogP contribution in [0.2, 0.25) is 5.02 Å². The van der Waals surface area contributed by atoms with E-state index in [1.807, 2.05) is 43.3 Å². The molecule has 0 bridgehead atoms. The normalized spacial score (nSPS) is 12.3. The number of halogens is 1. The number of nitrogens with one attached hydrogen (secondary N) is 1. The van der Waals surface area contributed by atoms with Crippen LogP contribution in [0.4, 0.5) is 5.69 Å². The zero-order valence-corrected chi connectivity index (χ0v) is 16.4. The van der Waals surface area contributed by atoms with Crippen LogP contribution in [-0.2, 0) is 14.3 Å². The summed E-state index contributed by atoms with van der Waals surface area (Å²) in [6.07, 6.45) is 0. The van der Waals surface area contributed by atoms with E-state index in [0.717, 1.165) is 5.56 Å². The van der Waals surface area contributed by atoms with Crippen molar-refractivity contribution in [1.29, 1.82) is 0 Å². The zero-order chi connectivity index (χ0) is 20.4. The third kappa shape index (κ3) is 3.96. The Morgan fingerprint density at radius 2 is 1.62 bits per heavy atom. The number of fused-ring (bicyclic) bond motifs is 2. The maximum absolute atomic E-state index is 12.9. The minimum absolute atomic E-state index is 0.396. The third-order valence-corrected chi connectivity index (χ3v) is 4.97. The number of rotatable bonds is 4. The number of aryl methyl sites for hydroxylation is 1. The fraction of sp³-hybridized carbons (Fsp3) is 0.130. The van der Waals surface area contributed by atoms with Crippen molar-refractivity contribution in [2.45, 2.75) is 12.8 Å². The molecule has 3 aromatic carbocycles. The Labute approximate surface area is 173 Å². The van der Waals surface area contributed by atoms with Crippen molar-refractivity contribution < 1.29 is 19.1 Å². The molecule has 0 atom stereocenters. The molecule has 5 nitrogen and oxygen atoms in total. The van der Waals surface area contributed by atoms with E-state index < -0.39 is 24.4 Å². The lowest BCUT2D eigenvalue weighted by atomic mass is 9.88. The van der Waals surface area contributed by atoms with Gasteiger partial charge in [-0.25, -0.2) is 0 Å². The largest absolute Gasteiger partial charge is 0.457 e. The van der Waals surface area contributed by atoms with Crippen LogP contribution < -0.4 is 10.1 Å². The van der Waals surface area contributed by atoms with Crippen LogP contribution in [-0.4, -0.2) is 18.5 Å². The molecule has 1 amide bonds. The predicted molar refractivity (Wildman–Crippen MR) is 111 cm³/mol. The van der Waals surface area contributed by atoms with Crippen molar-refractivity contribution in [2.75, 3.05) is 11.9 Å². The number of para-hydroxylation sites is 2. The molecule has 0 radical (unpaired) electrons. The fourth-order valence-corrected chi connectivity index (χ4v) is 3.47. The monoisotopic (exact) mass is 407 g/mol. The summed E-state index contributed by atoms with van der Waals surface area (Å²) in [6.45, 7) is 1.46. The number of hydrogen-bond acceptors (Lipinski definition) is 4. The minimum Gasteiger partial charge on any atom is -0.457 e. The lowest BCUT2D eigenvalue weighted by molar-refractivity contribution is -0.148. The number of anilines is 1. The van der Waals surface area contributed by atoms with Gasteiger partial charge < -0.3 is 14.8 Å². The van der Waals surface area contributed by atoms with E-state index in [1.54, 1.807) is 30.3 Å². The van der Waals surface area contributed by atoms with Gasteiger partial charge in [0.25, 0.3) is 5.91 Å². The third-order valence-electron chi connectivity index (χ3n) is 4.73. The van der Waals surface area contributed by atoms with Crippen LogP contribution in [0.5, 0.6) is 11.5 Å². The second-order valence-corrected chi connectivity index (χ2v) is 7.16. The lowest BCUT2D eigenvalue weighted by Gasteiger charge is -2.26. The van der Waals surface area contributed by atoms with Crippen LogP contribution >= 0.6 is 11.6 Å². The maximum Gasteiger partial charge on any atom is 0.318 e. The molecule has 0 aliphatic carbocycles. The van der Waals surface area contributed by atoms with Gasteiger partial charge in [0.1, 0.15) is 17.4 Å². The maximum atomic E-state index is 12.9. The fourth-order valence-electron chi connectivity index (χ4n) is 3.30. The SMILES string of the molecule is Cc1ccc(Cl)cc1NC(=O)COC(=O)C1c2ccccc2Oc2ccccc21. The Morgan fingerprint density at radius 3 is 2.28 bits per heavy atom. The molecule has 0 unspecified atom stereocenters. The van der Waals surface area contributed by atoms with Gasteiger partial charge in [-0.15, -0.1) is 0 Å². The molecule has 0 saturated heterocycles. The predicted octanol–water partition coefficient (Wildman–Crippen LogP) is 5.07. The van der Waals surface area contributed by atoms with Gasteiger partial charge in [-0.1, -0.05) is 54.1 Å². The summed E-state index contributed by atoms with van der Waals surface area (Å²) in [7, 11) is 0. The van der Waals surface area contributed by atoms with Crippen molar-refractivity contribution in [3.63, 3.8) is 0 Å². The number of benzene rings is 3. The molecule has 146 valence electrons. The second kappa shape index (κ2) is 7.97. The first-order valence-electron chi connectivity index (χ1n) is 9.11. The highest BCUT2D eigenvalue weighted by Crippen LogP contribution is 2.44. The van der Waals surface area contributed by atoms with Gasteiger partial charge >= 0.3 is 5.97 Å². The summed E-state index contributed by atoms with van der Waals surface area (Å²) in [4.78, 5) is 25.2. The van der Waals surface area contributed by atoms with Gasteiger partial charge in [-0.05, 0) is 36.8 Å². The van der Waals surface area contributed by atoms with E-state index in [2.05, 4.69) is 5.32 Å². The summed E-state index contributed by atoms with van der Waals surface area (Å²) >= 11 is 5.98. The smallest absolute Gasteiger partial charge is 0.318 e. The van der Waals surface area contributed by atoms with E-state index >= 15 is 0 Å². The van der Waals surface area contributed by atoms with Crippen molar-refractivity contribution in [1.82, 2.24) is 0 Å². The average Bonchev–Trinajstić information content (AvgIpc) is 2.73. The summed E-state index contributed by atoms with van der Waals surface area (Å²) in [5.41, 5.74) is 2.87. The Kier molecular flexibility index (Phi) is 5.23. The number of amides is 1. The van der Waals surface area contributed by atoms with E-state index in [9.17, 15) is 9.59 Å². The summed E-state index contributed by atoms with van der Waals surface area (Å²) < 4.78 is 11.2. The van der Waals surface area contributed by atoms with Gasteiger partial charge in [0.15, 0.2) is 6.61 Å². The zero-order valence-electron chi connectivity index (χ0n) is 15.6.